The molecule has 0 bridgehead atoms. The van der Waals surface area contributed by atoms with Gasteiger partial charge in [0.1, 0.15) is 6.10 Å². The summed E-state index contributed by atoms with van der Waals surface area (Å²) < 4.78 is 7.83. The largest absolute Gasteiger partial charge is 0.389 e. The van der Waals surface area contributed by atoms with Crippen molar-refractivity contribution in [3.8, 4) is 0 Å². The molecule has 1 saturated heterocycles. The maximum Gasteiger partial charge on any atom is 0.101 e. The molecule has 0 radical (unpaired) electrons. The van der Waals surface area contributed by atoms with E-state index in [-0.39, 0.29) is 12.1 Å². The van der Waals surface area contributed by atoms with Crippen LogP contribution in [-0.2, 0) is 11.8 Å². The summed E-state index contributed by atoms with van der Waals surface area (Å²) in [5, 5.41) is 18.7. The molecule has 0 amide bonds. The van der Waals surface area contributed by atoms with E-state index in [0.29, 0.717) is 6.54 Å². The molecule has 1 aromatic heterocycles. The molecule has 2 atom stereocenters. The van der Waals surface area contributed by atoms with E-state index in [1.807, 2.05) is 17.9 Å². The average molecular weight is 307 g/mol. The van der Waals surface area contributed by atoms with Crippen LogP contribution >= 0.6 is 0 Å². The van der Waals surface area contributed by atoms with Crippen LogP contribution in [0, 0.1) is 12.8 Å². The number of hydrogen-bond donors (Lipinski definition) is 2. The molecule has 2 N–H and O–H groups in total. The number of aryl methyl sites for hydroxylation is 1. The third kappa shape index (κ3) is 3.21. The molecular formula is C17H29N3O2. The van der Waals surface area contributed by atoms with Crippen LogP contribution in [0.3, 0.4) is 0 Å². The lowest BCUT2D eigenvalue weighted by atomic mass is 9.79. The summed E-state index contributed by atoms with van der Waals surface area (Å²) in [7, 11) is 1.96. The van der Waals surface area contributed by atoms with Crippen molar-refractivity contribution >= 4 is 0 Å². The summed E-state index contributed by atoms with van der Waals surface area (Å²) in [6.45, 7) is 5.80. The van der Waals surface area contributed by atoms with Gasteiger partial charge in [-0.25, -0.2) is 0 Å². The average Bonchev–Trinajstić information content (AvgIpc) is 3.08. The number of aromatic nitrogens is 2. The second kappa shape index (κ2) is 6.30. The highest BCUT2D eigenvalue weighted by Gasteiger charge is 2.36. The molecule has 2 fully saturated rings. The van der Waals surface area contributed by atoms with Crippen LogP contribution in [0.2, 0.25) is 0 Å². The van der Waals surface area contributed by atoms with Crippen molar-refractivity contribution < 1.29 is 9.84 Å². The molecule has 124 valence electrons. The summed E-state index contributed by atoms with van der Waals surface area (Å²) in [5.41, 5.74) is 1.79. The maximum atomic E-state index is 10.7. The highest BCUT2D eigenvalue weighted by molar-refractivity contribution is 5.22. The van der Waals surface area contributed by atoms with Crippen LogP contribution in [-0.4, -0.2) is 39.7 Å². The summed E-state index contributed by atoms with van der Waals surface area (Å²) >= 11 is 0. The molecular weight excluding hydrogens is 278 g/mol. The predicted octanol–water partition coefficient (Wildman–Crippen LogP) is 2.09. The lowest BCUT2D eigenvalue weighted by Gasteiger charge is -2.36. The minimum absolute atomic E-state index is 0.0554. The molecule has 0 unspecified atom stereocenters. The Balaban J connectivity index is 1.61. The molecule has 0 spiro atoms. The van der Waals surface area contributed by atoms with E-state index < -0.39 is 5.60 Å². The Kier molecular flexibility index (Phi) is 4.57. The van der Waals surface area contributed by atoms with Gasteiger partial charge in [-0.1, -0.05) is 6.92 Å². The smallest absolute Gasteiger partial charge is 0.101 e. The highest BCUT2D eigenvalue weighted by Crippen LogP contribution is 2.34. The Bertz CT molecular complexity index is 506. The van der Waals surface area contributed by atoms with E-state index in [1.165, 1.54) is 5.56 Å². The van der Waals surface area contributed by atoms with Gasteiger partial charge in [0.25, 0.3) is 0 Å². The summed E-state index contributed by atoms with van der Waals surface area (Å²) in [6, 6.07) is 0.270. The normalized spacial score (nSPS) is 35.9. The Morgan fingerprint density at radius 3 is 2.77 bits per heavy atom. The van der Waals surface area contributed by atoms with Crippen LogP contribution in [0.1, 0.15) is 56.4 Å². The number of rotatable bonds is 4. The van der Waals surface area contributed by atoms with E-state index >= 15 is 0 Å². The molecule has 5 heteroatoms. The number of nitrogens with one attached hydrogen (secondary N) is 1. The van der Waals surface area contributed by atoms with Crippen LogP contribution in [0.25, 0.3) is 0 Å². The van der Waals surface area contributed by atoms with E-state index in [1.54, 1.807) is 0 Å². The molecule has 5 nitrogen and oxygen atoms in total. The first-order valence-corrected chi connectivity index (χ1v) is 8.54. The lowest BCUT2D eigenvalue weighted by Crippen LogP contribution is -2.47. The summed E-state index contributed by atoms with van der Waals surface area (Å²) in [4.78, 5) is 0. The van der Waals surface area contributed by atoms with Crippen LogP contribution in [0.5, 0.6) is 0 Å². The third-order valence-corrected chi connectivity index (χ3v) is 5.57. The minimum Gasteiger partial charge on any atom is -0.389 e. The Morgan fingerprint density at radius 1 is 1.41 bits per heavy atom. The molecule has 1 aliphatic heterocycles. The molecule has 3 rings (SSSR count). The van der Waals surface area contributed by atoms with Gasteiger partial charge >= 0.3 is 0 Å². The fourth-order valence-electron chi connectivity index (χ4n) is 3.70. The fourth-order valence-corrected chi connectivity index (χ4v) is 3.70. The van der Waals surface area contributed by atoms with Gasteiger partial charge in [-0.2, -0.15) is 5.10 Å². The molecule has 2 heterocycles. The highest BCUT2D eigenvalue weighted by atomic mass is 16.5. The van der Waals surface area contributed by atoms with Crippen molar-refractivity contribution in [1.82, 2.24) is 15.1 Å². The number of aliphatic hydroxyl groups is 1. The first-order chi connectivity index (χ1) is 10.5. The number of ether oxygens (including phenoxy) is 1. The Morgan fingerprint density at radius 2 is 2.14 bits per heavy atom. The van der Waals surface area contributed by atoms with Gasteiger partial charge in [0.15, 0.2) is 0 Å². The van der Waals surface area contributed by atoms with Crippen LogP contribution in [0.4, 0.5) is 0 Å². The van der Waals surface area contributed by atoms with E-state index in [2.05, 4.69) is 24.3 Å². The minimum atomic E-state index is -0.538. The number of nitrogens with zero attached hydrogens (tertiary/aromatic N) is 2. The van der Waals surface area contributed by atoms with Gasteiger partial charge in [-0.3, -0.25) is 4.68 Å². The van der Waals surface area contributed by atoms with Crippen molar-refractivity contribution in [3.63, 3.8) is 0 Å². The molecule has 22 heavy (non-hydrogen) atoms. The Labute approximate surface area is 133 Å². The third-order valence-electron chi connectivity index (χ3n) is 5.57. The maximum absolute atomic E-state index is 10.7. The van der Waals surface area contributed by atoms with E-state index in [9.17, 15) is 5.11 Å². The van der Waals surface area contributed by atoms with Gasteiger partial charge in [0.05, 0.1) is 11.8 Å². The van der Waals surface area contributed by atoms with Crippen molar-refractivity contribution in [1.29, 1.82) is 0 Å². The topological polar surface area (TPSA) is 59.3 Å². The second-order valence-corrected chi connectivity index (χ2v) is 7.28. The van der Waals surface area contributed by atoms with Crippen molar-refractivity contribution in [3.05, 3.63) is 17.5 Å². The van der Waals surface area contributed by atoms with Crippen LogP contribution < -0.4 is 5.32 Å². The molecule has 1 aromatic rings. The van der Waals surface area contributed by atoms with E-state index in [0.717, 1.165) is 50.3 Å². The van der Waals surface area contributed by atoms with Gasteiger partial charge in [-0.05, 0) is 44.9 Å². The van der Waals surface area contributed by atoms with E-state index in [4.69, 9.17) is 4.74 Å². The second-order valence-electron chi connectivity index (χ2n) is 7.28. The summed E-state index contributed by atoms with van der Waals surface area (Å²) in [5.74, 6) is 0.751. The van der Waals surface area contributed by atoms with Gasteiger partial charge in [-0.15, -0.1) is 0 Å². The fraction of sp³-hybridized carbons (Fsp3) is 0.824. The zero-order chi connectivity index (χ0) is 15.7. The van der Waals surface area contributed by atoms with Gasteiger partial charge in [0, 0.05) is 37.5 Å². The molecule has 2 aliphatic rings. The zero-order valence-electron chi connectivity index (χ0n) is 14.0. The molecule has 1 aliphatic carbocycles. The van der Waals surface area contributed by atoms with Crippen molar-refractivity contribution in [2.24, 2.45) is 13.0 Å². The zero-order valence-corrected chi connectivity index (χ0v) is 14.0. The van der Waals surface area contributed by atoms with Gasteiger partial charge < -0.3 is 15.2 Å². The van der Waals surface area contributed by atoms with Crippen molar-refractivity contribution in [2.75, 3.05) is 13.2 Å². The first-order valence-electron chi connectivity index (χ1n) is 8.54. The first kappa shape index (κ1) is 16.0. The molecule has 0 aromatic carbocycles. The standard InChI is InChI=1S/C17H29N3O2/c1-12-4-7-17(21,8-5-12)11-18-15-6-9-22-16(15)14-10-19-20(3)13(14)2/h10,12,15-16,18,21H,4-9,11H2,1-3H3/t12?,15-,16+,17?/m0/s1. The monoisotopic (exact) mass is 307 g/mol. The van der Waals surface area contributed by atoms with Crippen LogP contribution in [0.15, 0.2) is 6.20 Å². The summed E-state index contributed by atoms with van der Waals surface area (Å²) in [6.07, 6.45) is 7.04. The Hall–Kier alpha value is -0.910. The number of hydrogen-bond acceptors (Lipinski definition) is 4. The van der Waals surface area contributed by atoms with Crippen molar-refractivity contribution in [2.45, 2.75) is 63.7 Å². The predicted molar refractivity (Wildman–Crippen MR) is 85.6 cm³/mol. The van der Waals surface area contributed by atoms with Gasteiger partial charge in [0.2, 0.25) is 0 Å². The lowest BCUT2D eigenvalue weighted by molar-refractivity contribution is -0.0107. The molecule has 1 saturated carbocycles. The quantitative estimate of drug-likeness (QED) is 0.894. The SMILES string of the molecule is Cc1c([C@H]2OCC[C@@H]2NCC2(O)CCC(C)CC2)cnn1C.